The molecule has 24 valence electrons. The summed E-state index contributed by atoms with van der Waals surface area (Å²) in [6.45, 7) is 0. The van der Waals surface area contributed by atoms with Crippen molar-refractivity contribution in [2.24, 2.45) is 0 Å². The molecule has 0 fully saturated rings. The van der Waals surface area contributed by atoms with E-state index in [1.54, 1.807) is 0 Å². The molecular formula is H4CaMgO3+2. The van der Waals surface area contributed by atoms with Crippen LogP contribution in [-0.4, -0.2) is 71.7 Å². The average Bonchev–Trinajstić information content (AvgIpc) is 0. The zero-order chi connectivity index (χ0) is 0. The van der Waals surface area contributed by atoms with E-state index in [9.17, 15) is 0 Å². The number of rotatable bonds is 0. The van der Waals surface area contributed by atoms with Crippen LogP contribution in [0.25, 0.3) is 0 Å². The summed E-state index contributed by atoms with van der Waals surface area (Å²) in [5.74, 6) is 0. The fourth-order valence-electron chi connectivity index (χ4n) is 0. The van der Waals surface area contributed by atoms with E-state index in [1.165, 1.54) is 0 Å². The summed E-state index contributed by atoms with van der Waals surface area (Å²) >= 11 is 0. The van der Waals surface area contributed by atoms with Crippen LogP contribution in [0.3, 0.4) is 0 Å². The molecule has 0 radical (unpaired) electrons. The van der Waals surface area contributed by atoms with Crippen molar-refractivity contribution < 1.29 is 16.4 Å². The first-order valence-electron chi connectivity index (χ1n) is 0. The zero-order valence-electron chi connectivity index (χ0n) is 2.82. The molecule has 0 unspecified atom stereocenters. The summed E-state index contributed by atoms with van der Waals surface area (Å²) in [5, 5.41) is 0. The van der Waals surface area contributed by atoms with Gasteiger partial charge in [0.15, 0.2) is 0 Å². The third-order valence-corrected chi connectivity index (χ3v) is 0. The van der Waals surface area contributed by atoms with Gasteiger partial charge < -0.3 is 16.4 Å². The van der Waals surface area contributed by atoms with Gasteiger partial charge in [-0.1, -0.05) is 0 Å². The minimum absolute atomic E-state index is 0. The maximum Gasteiger partial charge on any atom is 2.00 e. The average molecular weight is 116 g/mol. The third-order valence-electron chi connectivity index (χ3n) is 0. The van der Waals surface area contributed by atoms with Gasteiger partial charge in [0.1, 0.15) is 0 Å². The van der Waals surface area contributed by atoms with E-state index in [-0.39, 0.29) is 77.2 Å². The monoisotopic (exact) mass is 116 g/mol. The van der Waals surface area contributed by atoms with Crippen LogP contribution in [0.1, 0.15) is 0 Å². The van der Waals surface area contributed by atoms with Gasteiger partial charge in [0.05, 0.1) is 0 Å². The van der Waals surface area contributed by atoms with E-state index >= 15 is 0 Å². The molecule has 0 spiro atoms. The molecule has 3 nitrogen and oxygen atoms in total. The first kappa shape index (κ1) is 66.3. The maximum absolute atomic E-state index is 0. The molecule has 0 heterocycles. The van der Waals surface area contributed by atoms with E-state index < -0.39 is 0 Å². The second-order valence-corrected chi connectivity index (χ2v) is 0. The van der Waals surface area contributed by atoms with Crippen LogP contribution >= 0.6 is 0 Å². The second kappa shape index (κ2) is 39.1. The fourth-order valence-corrected chi connectivity index (χ4v) is 0. The molecule has 0 saturated carbocycles. The van der Waals surface area contributed by atoms with Gasteiger partial charge in [0, 0.05) is 0 Å². The summed E-state index contributed by atoms with van der Waals surface area (Å²) in [5.41, 5.74) is 0. The molecule has 0 aliphatic carbocycles. The van der Waals surface area contributed by atoms with Crippen LogP contribution in [0.15, 0.2) is 0 Å². The molecule has 0 atom stereocenters. The van der Waals surface area contributed by atoms with Gasteiger partial charge in [0.25, 0.3) is 0 Å². The van der Waals surface area contributed by atoms with Crippen molar-refractivity contribution in [3.8, 4) is 0 Å². The van der Waals surface area contributed by atoms with Crippen molar-refractivity contribution in [3.63, 3.8) is 0 Å². The predicted molar refractivity (Wildman–Crippen MR) is 19.4 cm³/mol. The molecule has 0 bridgehead atoms. The molecule has 0 rings (SSSR count). The van der Waals surface area contributed by atoms with Crippen LogP contribution in [0.5, 0.6) is 0 Å². The Hall–Kier alpha value is 1.91. The minimum atomic E-state index is 0. The molecule has 0 aromatic heterocycles. The van der Waals surface area contributed by atoms with Crippen molar-refractivity contribution >= 4 is 60.8 Å². The zero-order valence-corrected chi connectivity index (χ0v) is 6.45. The summed E-state index contributed by atoms with van der Waals surface area (Å²) in [4.78, 5) is 0. The molecule has 4 N–H and O–H groups in total. The second-order valence-electron chi connectivity index (χ2n) is 0. The molecule has 0 aliphatic heterocycles. The summed E-state index contributed by atoms with van der Waals surface area (Å²) < 4.78 is 0. The predicted octanol–water partition coefficient (Wildman–Crippen LogP) is -2.53. The van der Waals surface area contributed by atoms with Gasteiger partial charge in [-0.05, 0) is 0 Å². The van der Waals surface area contributed by atoms with E-state index in [4.69, 9.17) is 0 Å². The molecule has 0 amide bonds. The normalized spacial score (nSPS) is 0. The molecular weight excluding hydrogens is 112 g/mol. The van der Waals surface area contributed by atoms with Crippen molar-refractivity contribution in [2.45, 2.75) is 0 Å². The Labute approximate surface area is 76.2 Å². The van der Waals surface area contributed by atoms with Gasteiger partial charge in [-0.15, -0.1) is 0 Å². The van der Waals surface area contributed by atoms with E-state index in [1.807, 2.05) is 0 Å². The Bertz CT molecular complexity index is 6.85. The van der Waals surface area contributed by atoms with Crippen LogP contribution in [0.2, 0.25) is 0 Å². The van der Waals surface area contributed by atoms with Gasteiger partial charge in [0.2, 0.25) is 0 Å². The third kappa shape index (κ3) is 24.8. The van der Waals surface area contributed by atoms with Crippen molar-refractivity contribution in [1.82, 2.24) is 0 Å². The van der Waals surface area contributed by atoms with E-state index in [2.05, 4.69) is 0 Å². The quantitative estimate of drug-likeness (QED) is 0.312. The first-order chi connectivity index (χ1) is 0. The van der Waals surface area contributed by atoms with E-state index in [0.717, 1.165) is 0 Å². The van der Waals surface area contributed by atoms with Crippen molar-refractivity contribution in [3.05, 3.63) is 0 Å². The molecule has 0 aromatic rings. The van der Waals surface area contributed by atoms with Crippen LogP contribution < -0.4 is 0 Å². The molecule has 0 aromatic carbocycles. The smallest absolute Gasteiger partial charge is 2.00 e. The minimum Gasteiger partial charge on any atom is -2.00 e. The van der Waals surface area contributed by atoms with Crippen LogP contribution in [0, 0.1) is 0 Å². The first-order valence-corrected chi connectivity index (χ1v) is 0. The fraction of sp³-hybridized carbons (Fsp3) is 0. The molecule has 0 saturated heterocycles. The van der Waals surface area contributed by atoms with Gasteiger partial charge in [-0.25, -0.2) is 0 Å². The maximum atomic E-state index is 0. The van der Waals surface area contributed by atoms with Crippen LogP contribution in [-0.2, 0) is 5.48 Å². The molecule has 5 heteroatoms. The van der Waals surface area contributed by atoms with Gasteiger partial charge in [-0.2, -0.15) is 0 Å². The Morgan fingerprint density at radius 3 is 0.800 bits per heavy atom. The Morgan fingerprint density at radius 2 is 0.800 bits per heavy atom. The largest absolute Gasteiger partial charge is 2.00 e. The van der Waals surface area contributed by atoms with Gasteiger partial charge in [-0.3, -0.25) is 0 Å². The Balaban J connectivity index is 0. The number of hydrogen-bond acceptors (Lipinski definition) is 0. The Kier molecular flexibility index (Phi) is 519. The summed E-state index contributed by atoms with van der Waals surface area (Å²) in [6, 6.07) is 0. The van der Waals surface area contributed by atoms with Gasteiger partial charge >= 0.3 is 60.8 Å². The topological polar surface area (TPSA) is 91.5 Å². The molecule has 5 heavy (non-hydrogen) atoms. The summed E-state index contributed by atoms with van der Waals surface area (Å²) in [7, 11) is 0. The number of hydrogen-bond donors (Lipinski definition) is 0. The molecule has 0 aliphatic rings. The summed E-state index contributed by atoms with van der Waals surface area (Å²) in [6.07, 6.45) is 0. The Morgan fingerprint density at radius 1 is 0.800 bits per heavy atom. The van der Waals surface area contributed by atoms with Crippen molar-refractivity contribution in [1.29, 1.82) is 0 Å². The SMILES string of the molecule is O.O.[Ca+2].[Mg+2].[O-2]. The van der Waals surface area contributed by atoms with Crippen LogP contribution in [0.4, 0.5) is 0 Å². The standard InChI is InChI=1S/Ca.Mg.2H2O.O/h;;2*1H2;/q2*+2;;;-2. The van der Waals surface area contributed by atoms with E-state index in [0.29, 0.717) is 0 Å². The van der Waals surface area contributed by atoms with Crippen molar-refractivity contribution in [2.75, 3.05) is 0 Å².